The minimum Gasteiger partial charge on any atom is -0.455 e. The molecule has 0 spiro atoms. The molecule has 4 fully saturated rings. The van der Waals surface area contributed by atoms with Crippen molar-refractivity contribution in [2.24, 2.45) is 21.7 Å². The summed E-state index contributed by atoms with van der Waals surface area (Å²) in [5.74, 6) is -0.655. The van der Waals surface area contributed by atoms with Crippen molar-refractivity contribution in [1.82, 2.24) is 19.7 Å². The number of aryl methyl sites for hydroxylation is 1. The fraction of sp³-hybridized carbons (Fsp3) is 0.582. The summed E-state index contributed by atoms with van der Waals surface area (Å²) in [6.07, 6.45) is 9.94. The van der Waals surface area contributed by atoms with Crippen LogP contribution in [0.5, 0.6) is 0 Å². The van der Waals surface area contributed by atoms with Gasteiger partial charge in [0.15, 0.2) is 5.69 Å². The average Bonchev–Trinajstić information content (AvgIpc) is 1.47. The van der Waals surface area contributed by atoms with Crippen molar-refractivity contribution in [3.8, 4) is 22.4 Å². The molecular weight excluding hydrogens is 1080 g/mol. The number of nitrogens with one attached hydrogen (secondary N) is 1. The van der Waals surface area contributed by atoms with Gasteiger partial charge in [-0.25, -0.2) is 14.6 Å². The van der Waals surface area contributed by atoms with Crippen LogP contribution in [0.4, 0.5) is 10.5 Å². The number of rotatable bonds is 21. The molecule has 0 radical (unpaired) electrons. The van der Waals surface area contributed by atoms with E-state index in [2.05, 4.69) is 132 Å². The van der Waals surface area contributed by atoms with Crippen LogP contribution in [0.3, 0.4) is 0 Å². The minimum atomic E-state index is -3.58. The van der Waals surface area contributed by atoms with Crippen LogP contribution in [0.15, 0.2) is 97.2 Å². The van der Waals surface area contributed by atoms with Crippen LogP contribution in [0, 0.1) is 28.6 Å². The first kappa shape index (κ1) is 62.5. The normalized spacial score (nSPS) is 22.9. The lowest BCUT2D eigenvalue weighted by atomic mass is 9.39. The number of ether oxygens (including phenoxy) is 3. The number of fused-ring (bicyclic) bond motifs is 1. The largest absolute Gasteiger partial charge is 0.455 e. The highest BCUT2D eigenvalue weighted by atomic mass is 32.3. The number of amides is 1. The highest BCUT2D eigenvalue weighted by Gasteiger charge is 2.66. The third-order valence-electron chi connectivity index (χ3n) is 17.6. The molecule has 5 aliphatic rings. The van der Waals surface area contributed by atoms with Gasteiger partial charge in [0, 0.05) is 60.9 Å². The van der Waals surface area contributed by atoms with Gasteiger partial charge < -0.3 is 38.0 Å². The molecular formula is C67H95N5O9SSi. The fourth-order valence-corrected chi connectivity index (χ4v) is 20.8. The summed E-state index contributed by atoms with van der Waals surface area (Å²) in [6.45, 7) is 31.5. The molecule has 0 saturated heterocycles. The van der Waals surface area contributed by atoms with Crippen LogP contribution in [0.2, 0.25) is 5.04 Å². The number of carbonyl (C=O) groups is 2. The van der Waals surface area contributed by atoms with Gasteiger partial charge in [0.2, 0.25) is 0 Å². The van der Waals surface area contributed by atoms with Crippen molar-refractivity contribution < 1.29 is 41.5 Å². The maximum absolute atomic E-state index is 14.1. The molecule has 4 bridgehead atoms. The molecule has 2 atom stereocenters. The Bertz CT molecular complexity index is 3050. The van der Waals surface area contributed by atoms with Crippen LogP contribution in [0.1, 0.15) is 163 Å². The predicted octanol–water partition coefficient (Wildman–Crippen LogP) is 14.3. The number of aromatic nitrogens is 3. The quantitative estimate of drug-likeness (QED) is 0.0471. The van der Waals surface area contributed by atoms with Crippen molar-refractivity contribution in [2.75, 3.05) is 50.5 Å². The zero-order chi connectivity index (χ0) is 60.1. The van der Waals surface area contributed by atoms with E-state index in [1.807, 2.05) is 72.0 Å². The predicted molar refractivity (Wildman–Crippen MR) is 336 cm³/mol. The number of esters is 1. The maximum Gasteiger partial charge on any atom is 0.410 e. The van der Waals surface area contributed by atoms with Crippen LogP contribution < -0.4 is 15.7 Å². The van der Waals surface area contributed by atoms with Crippen LogP contribution in [0.25, 0.3) is 22.4 Å². The molecule has 83 heavy (non-hydrogen) atoms. The Morgan fingerprint density at radius 3 is 2.01 bits per heavy atom. The third kappa shape index (κ3) is 14.4. The smallest absolute Gasteiger partial charge is 0.410 e. The Morgan fingerprint density at radius 1 is 0.759 bits per heavy atom. The first-order valence-corrected chi connectivity index (χ1v) is 33.7. The Balaban J connectivity index is 0.869. The van der Waals surface area contributed by atoms with E-state index in [0.29, 0.717) is 30.8 Å². The number of anilines is 1. The molecule has 16 heteroatoms. The van der Waals surface area contributed by atoms with Gasteiger partial charge in [-0.15, -0.1) is 0 Å². The molecule has 2 unspecified atom stereocenters. The van der Waals surface area contributed by atoms with E-state index < -0.39 is 53.5 Å². The topological polar surface area (TPSA) is 167 Å². The number of carbonyl (C=O) groups excluding carboxylic acids is 2. The van der Waals surface area contributed by atoms with E-state index in [-0.39, 0.29) is 59.0 Å². The van der Waals surface area contributed by atoms with Gasteiger partial charge in [-0.1, -0.05) is 121 Å². The average molecular weight is 1170 g/mol. The molecule has 4 aliphatic carbocycles. The highest BCUT2D eigenvalue weighted by molar-refractivity contribution is 8.20. The maximum atomic E-state index is 14.1. The minimum absolute atomic E-state index is 0.00463. The standard InChI is InChI=1S/C67H95N5O9SSi/c1-48-54(53-29-30-55(70-57(53)58(73)80-60(2,3)4)50-28-27-49-22-21-32-68-56(49)38-50)39-69-72(48)46-66-41-64(13)40-65(14,42-66)44-67(43-64,45-66)77-36-33-71(59(74)81-61(5,6)7)34-37-82(75,76)78-47-63(11,12)31-35-79-83(62(8,9)10,51-23-17-15-18-24-51)52-25-19-16-20-26-52/h15-20,23-30,38-39,68,75-76H,21-22,31-37,40-47H2,1-14H3. The fourth-order valence-electron chi connectivity index (χ4n) is 15.1. The van der Waals surface area contributed by atoms with Gasteiger partial charge in [0.05, 0.1) is 47.3 Å². The summed E-state index contributed by atoms with van der Waals surface area (Å²) >= 11 is 0. The van der Waals surface area contributed by atoms with Crippen LogP contribution >= 0.6 is 10.9 Å². The SMILES string of the molecule is Cc1c(-c2ccc(-c3ccc4c(c3)NCCC4)nc2C(=O)OC(C)(C)C)cnn1CC12CC3(C)CC(C)(C1)CC(OCCN(CCS(O)(O)OCC(C)(C)CCO[Si](c1ccccc1)(c1ccccc1)C(C)(C)C)C(=O)OC(C)(C)C)(C3)C2. The van der Waals surface area contributed by atoms with Crippen molar-refractivity contribution in [2.45, 2.75) is 183 Å². The van der Waals surface area contributed by atoms with E-state index in [4.69, 9.17) is 32.9 Å². The molecule has 452 valence electrons. The van der Waals surface area contributed by atoms with Crippen molar-refractivity contribution in [1.29, 1.82) is 0 Å². The molecule has 1 amide bonds. The summed E-state index contributed by atoms with van der Waals surface area (Å²) in [4.78, 5) is 34.6. The second-order valence-corrected chi connectivity index (χ2v) is 35.6. The van der Waals surface area contributed by atoms with E-state index in [0.717, 1.165) is 80.4 Å². The lowest BCUT2D eigenvalue weighted by molar-refractivity contribution is -0.248. The number of hydrogen-bond acceptors (Lipinski definition) is 12. The Labute approximate surface area is 497 Å². The van der Waals surface area contributed by atoms with Gasteiger partial charge in [-0.05, 0) is 167 Å². The summed E-state index contributed by atoms with van der Waals surface area (Å²) in [7, 11) is -6.34. The Hall–Kier alpha value is -5.07. The Kier molecular flexibility index (Phi) is 17.5. The van der Waals surface area contributed by atoms with E-state index in [1.165, 1.54) is 20.8 Å². The summed E-state index contributed by atoms with van der Waals surface area (Å²) in [5, 5.41) is 10.8. The number of pyridine rings is 1. The highest BCUT2D eigenvalue weighted by Crippen LogP contribution is 2.72. The third-order valence-corrected chi connectivity index (χ3v) is 23.8. The van der Waals surface area contributed by atoms with Gasteiger partial charge in [0.25, 0.3) is 8.32 Å². The summed E-state index contributed by atoms with van der Waals surface area (Å²) < 4.78 is 57.4. The first-order valence-electron chi connectivity index (χ1n) is 30.1. The zero-order valence-corrected chi connectivity index (χ0v) is 54.0. The summed E-state index contributed by atoms with van der Waals surface area (Å²) in [6, 6.07) is 31.5. The lowest BCUT2D eigenvalue weighted by Crippen LogP contribution is -2.66. The van der Waals surface area contributed by atoms with Crippen molar-refractivity contribution in [3.05, 3.63) is 114 Å². The van der Waals surface area contributed by atoms with E-state index >= 15 is 0 Å². The second-order valence-electron chi connectivity index (χ2n) is 29.5. The lowest BCUT2D eigenvalue weighted by Gasteiger charge is -2.69. The number of hydrogen-bond donors (Lipinski definition) is 3. The van der Waals surface area contributed by atoms with E-state index in [9.17, 15) is 18.7 Å². The van der Waals surface area contributed by atoms with Crippen molar-refractivity contribution >= 4 is 47.3 Å². The molecule has 10 rings (SSSR count). The van der Waals surface area contributed by atoms with Gasteiger partial charge in [-0.3, -0.25) is 8.86 Å². The zero-order valence-electron chi connectivity index (χ0n) is 52.2. The summed E-state index contributed by atoms with van der Waals surface area (Å²) in [5.41, 5.74) is 4.33. The van der Waals surface area contributed by atoms with Gasteiger partial charge >= 0.3 is 12.1 Å². The molecule has 1 aliphatic heterocycles. The van der Waals surface area contributed by atoms with Gasteiger partial charge in [0.1, 0.15) is 11.2 Å². The molecule has 3 heterocycles. The van der Waals surface area contributed by atoms with Gasteiger partial charge in [-0.2, -0.15) is 5.10 Å². The molecule has 3 aromatic carbocycles. The monoisotopic (exact) mass is 1170 g/mol. The molecule has 14 nitrogen and oxygen atoms in total. The van der Waals surface area contributed by atoms with Crippen molar-refractivity contribution in [3.63, 3.8) is 0 Å². The van der Waals surface area contributed by atoms with Crippen LogP contribution in [-0.4, -0.2) is 111 Å². The second kappa shape index (κ2) is 23.3. The molecule has 4 saturated carbocycles. The number of benzene rings is 3. The molecule has 5 aromatic rings. The molecule has 2 aromatic heterocycles. The first-order chi connectivity index (χ1) is 38.7. The Morgan fingerprint density at radius 2 is 1.40 bits per heavy atom. The van der Waals surface area contributed by atoms with Crippen LogP contribution in [-0.2, 0) is 35.8 Å². The molecule has 3 N–H and O–H groups in total. The van der Waals surface area contributed by atoms with E-state index in [1.54, 1.807) is 0 Å². The number of nitrogens with zero attached hydrogens (tertiary/aromatic N) is 4.